The first-order valence-electron chi connectivity index (χ1n) is 12.4. The highest BCUT2D eigenvalue weighted by Gasteiger charge is 2.57. The van der Waals surface area contributed by atoms with Gasteiger partial charge in [0.2, 0.25) is 5.91 Å². The average Bonchev–Trinajstić information content (AvgIpc) is 3.25. The number of likely N-dealkylation sites (tertiary alicyclic amines) is 1. The molecule has 4 aliphatic carbocycles. The van der Waals surface area contributed by atoms with Gasteiger partial charge in [-0.3, -0.25) is 4.79 Å². The highest BCUT2D eigenvalue weighted by atomic mass is 16.5. The van der Waals surface area contributed by atoms with E-state index in [9.17, 15) is 14.4 Å². The van der Waals surface area contributed by atoms with Crippen LogP contribution in [0.25, 0.3) is 11.0 Å². The number of nitrogens with zero attached hydrogens (tertiary/aromatic N) is 1. The molecule has 6 nitrogen and oxygen atoms in total. The maximum atomic E-state index is 13.8. The van der Waals surface area contributed by atoms with E-state index in [-0.39, 0.29) is 23.9 Å². The summed E-state index contributed by atoms with van der Waals surface area (Å²) in [5.41, 5.74) is 1.41. The Kier molecular flexibility index (Phi) is 4.89. The lowest BCUT2D eigenvalue weighted by Gasteiger charge is -2.56. The number of carbonyl (C=O) groups excluding carboxylic acids is 2. The first-order chi connectivity index (χ1) is 15.9. The molecule has 1 atom stereocenters. The van der Waals surface area contributed by atoms with Gasteiger partial charge in [0.1, 0.15) is 18.2 Å². The zero-order chi connectivity index (χ0) is 22.7. The molecule has 7 rings (SSSR count). The first-order valence-corrected chi connectivity index (χ1v) is 12.4. The fraction of sp³-hybridized carbons (Fsp3) is 0.593. The molecule has 4 saturated carbocycles. The molecule has 5 aliphatic rings. The molecular formula is C27H31NO5. The van der Waals surface area contributed by atoms with Gasteiger partial charge in [0.15, 0.2) is 0 Å². The predicted molar refractivity (Wildman–Crippen MR) is 122 cm³/mol. The molecule has 1 aromatic carbocycles. The highest BCUT2D eigenvalue weighted by molar-refractivity contribution is 5.89. The maximum absolute atomic E-state index is 13.8. The summed E-state index contributed by atoms with van der Waals surface area (Å²) in [4.78, 5) is 40.8. The van der Waals surface area contributed by atoms with Crippen molar-refractivity contribution in [1.29, 1.82) is 0 Å². The molecule has 1 aliphatic heterocycles. The maximum Gasteiger partial charge on any atom is 0.336 e. The van der Waals surface area contributed by atoms with Crippen LogP contribution in [0.4, 0.5) is 0 Å². The van der Waals surface area contributed by atoms with Gasteiger partial charge in [-0.25, -0.2) is 9.59 Å². The lowest BCUT2D eigenvalue weighted by atomic mass is 9.49. The Morgan fingerprint density at radius 3 is 2.48 bits per heavy atom. The van der Waals surface area contributed by atoms with Crippen molar-refractivity contribution in [2.75, 3.05) is 6.54 Å². The van der Waals surface area contributed by atoms with Crippen LogP contribution < -0.4 is 5.63 Å². The minimum absolute atomic E-state index is 0.000109. The van der Waals surface area contributed by atoms with Crippen molar-refractivity contribution >= 4 is 22.8 Å². The lowest BCUT2D eigenvalue weighted by molar-refractivity contribution is -0.166. The van der Waals surface area contributed by atoms with Gasteiger partial charge in [0.05, 0.1) is 5.41 Å². The fourth-order valence-corrected chi connectivity index (χ4v) is 7.63. The number of esters is 1. The molecule has 0 radical (unpaired) electrons. The van der Waals surface area contributed by atoms with Crippen molar-refractivity contribution in [2.45, 2.75) is 70.9 Å². The molecule has 1 saturated heterocycles. The third-order valence-corrected chi connectivity index (χ3v) is 8.63. The number of rotatable bonds is 4. The SMILES string of the molecule is Cc1ccc2c(COC(=O)C3CCCN3C(=O)C34CC5CC(CC(C5)C3)C4)cc(=O)oc2c1. The zero-order valence-electron chi connectivity index (χ0n) is 19.2. The number of fused-ring (bicyclic) bond motifs is 1. The van der Waals surface area contributed by atoms with Crippen LogP contribution >= 0.6 is 0 Å². The monoisotopic (exact) mass is 449 g/mol. The summed E-state index contributed by atoms with van der Waals surface area (Å²) in [7, 11) is 0. The van der Waals surface area contributed by atoms with Crippen LogP contribution in [-0.4, -0.2) is 29.4 Å². The van der Waals surface area contributed by atoms with Crippen molar-refractivity contribution < 1.29 is 18.7 Å². The first kappa shape index (κ1) is 20.9. The standard InChI is InChI=1S/C27H31NO5/c1-16-4-5-21-20(11-24(29)33-23(21)7-16)15-32-25(30)22-3-2-6-28(22)26(31)27-12-17-8-18(13-27)10-19(9-17)14-27/h4-5,7,11,17-19,22H,2-3,6,8-10,12-15H2,1H3. The minimum atomic E-state index is -0.515. The molecule has 174 valence electrons. The van der Waals surface area contributed by atoms with E-state index in [1.165, 1.54) is 25.3 Å². The molecule has 5 fully saturated rings. The molecule has 4 bridgehead atoms. The van der Waals surface area contributed by atoms with Crippen LogP contribution in [0.2, 0.25) is 0 Å². The summed E-state index contributed by atoms with van der Waals surface area (Å²) in [6, 6.07) is 6.51. The molecule has 33 heavy (non-hydrogen) atoms. The van der Waals surface area contributed by atoms with Gasteiger partial charge < -0.3 is 14.1 Å². The zero-order valence-corrected chi connectivity index (χ0v) is 19.2. The molecule has 1 unspecified atom stereocenters. The van der Waals surface area contributed by atoms with Crippen LogP contribution in [0.15, 0.2) is 33.5 Å². The van der Waals surface area contributed by atoms with Crippen molar-refractivity contribution in [2.24, 2.45) is 23.2 Å². The Bertz CT molecular complexity index is 1150. The summed E-state index contributed by atoms with van der Waals surface area (Å²) in [6.07, 6.45) is 8.34. The van der Waals surface area contributed by atoms with E-state index >= 15 is 0 Å². The molecule has 6 heteroatoms. The van der Waals surface area contributed by atoms with E-state index in [0.29, 0.717) is 41.9 Å². The molecule has 1 amide bonds. The number of carbonyl (C=O) groups is 2. The highest BCUT2D eigenvalue weighted by Crippen LogP contribution is 2.60. The molecule has 0 N–H and O–H groups in total. The number of amides is 1. The van der Waals surface area contributed by atoms with Crippen LogP contribution in [0.1, 0.15) is 62.5 Å². The number of hydrogen-bond acceptors (Lipinski definition) is 5. The second-order valence-corrected chi connectivity index (χ2v) is 11.1. The second kappa shape index (κ2) is 7.71. The van der Waals surface area contributed by atoms with E-state index in [1.54, 1.807) is 0 Å². The van der Waals surface area contributed by atoms with Crippen LogP contribution in [0.3, 0.4) is 0 Å². The van der Waals surface area contributed by atoms with Gasteiger partial charge in [-0.1, -0.05) is 12.1 Å². The van der Waals surface area contributed by atoms with E-state index in [0.717, 1.165) is 36.6 Å². The van der Waals surface area contributed by atoms with Gasteiger partial charge >= 0.3 is 11.6 Å². The van der Waals surface area contributed by atoms with Crippen LogP contribution in [0.5, 0.6) is 0 Å². The topological polar surface area (TPSA) is 76.8 Å². The number of ether oxygens (including phenoxy) is 1. The second-order valence-electron chi connectivity index (χ2n) is 11.1. The van der Waals surface area contributed by atoms with Crippen molar-refractivity contribution in [1.82, 2.24) is 4.90 Å². The van der Waals surface area contributed by atoms with E-state index in [2.05, 4.69) is 0 Å². The van der Waals surface area contributed by atoms with Gasteiger partial charge in [-0.05, 0) is 87.7 Å². The van der Waals surface area contributed by atoms with Gasteiger partial charge in [0.25, 0.3) is 0 Å². The van der Waals surface area contributed by atoms with Gasteiger partial charge in [-0.2, -0.15) is 0 Å². The Labute approximate surface area is 193 Å². The summed E-state index contributed by atoms with van der Waals surface area (Å²) in [5.74, 6) is 1.90. The number of aryl methyl sites for hydroxylation is 1. The van der Waals surface area contributed by atoms with Crippen LogP contribution in [0, 0.1) is 30.1 Å². The van der Waals surface area contributed by atoms with Crippen LogP contribution in [-0.2, 0) is 20.9 Å². The van der Waals surface area contributed by atoms with Crippen molar-refractivity contribution in [3.05, 3.63) is 45.8 Å². The quantitative estimate of drug-likeness (QED) is 0.512. The molecule has 1 aromatic heterocycles. The summed E-state index contributed by atoms with van der Waals surface area (Å²) < 4.78 is 11.0. The van der Waals surface area contributed by atoms with Crippen molar-refractivity contribution in [3.8, 4) is 0 Å². The molecule has 2 heterocycles. The summed E-state index contributed by atoms with van der Waals surface area (Å²) >= 11 is 0. The third kappa shape index (κ3) is 3.58. The Hall–Kier alpha value is -2.63. The average molecular weight is 450 g/mol. The fourth-order valence-electron chi connectivity index (χ4n) is 7.63. The van der Waals surface area contributed by atoms with E-state index < -0.39 is 11.7 Å². The Balaban J connectivity index is 1.19. The largest absolute Gasteiger partial charge is 0.459 e. The normalized spacial score (nSPS) is 32.5. The number of hydrogen-bond donors (Lipinski definition) is 0. The minimum Gasteiger partial charge on any atom is -0.459 e. The Morgan fingerprint density at radius 1 is 1.09 bits per heavy atom. The Morgan fingerprint density at radius 2 is 1.79 bits per heavy atom. The molecular weight excluding hydrogens is 418 g/mol. The molecule has 2 aromatic rings. The molecule has 0 spiro atoms. The van der Waals surface area contributed by atoms with Gasteiger partial charge in [0, 0.05) is 23.6 Å². The third-order valence-electron chi connectivity index (χ3n) is 8.63. The van der Waals surface area contributed by atoms with E-state index in [4.69, 9.17) is 9.15 Å². The van der Waals surface area contributed by atoms with Gasteiger partial charge in [-0.15, -0.1) is 0 Å². The van der Waals surface area contributed by atoms with E-state index in [1.807, 2.05) is 30.0 Å². The summed E-state index contributed by atoms with van der Waals surface area (Å²) in [6.45, 7) is 2.57. The lowest BCUT2D eigenvalue weighted by Crippen LogP contribution is -2.56. The smallest absolute Gasteiger partial charge is 0.336 e. The van der Waals surface area contributed by atoms with Crippen molar-refractivity contribution in [3.63, 3.8) is 0 Å². The summed E-state index contributed by atoms with van der Waals surface area (Å²) in [5, 5.41) is 0.765. The number of benzene rings is 1. The predicted octanol–water partition coefficient (Wildman–Crippen LogP) is 4.35.